The number of carbonyl (C=O) groups excluding carboxylic acids is 1. The van der Waals surface area contributed by atoms with Crippen molar-refractivity contribution in [2.45, 2.75) is 26.2 Å². The molecule has 2 aromatic rings. The normalized spacial score (nSPS) is 12.1. The van der Waals surface area contributed by atoms with E-state index in [0.29, 0.717) is 12.3 Å². The molecule has 4 heteroatoms. The Bertz CT molecular complexity index is 534. The van der Waals surface area contributed by atoms with Gasteiger partial charge in [-0.1, -0.05) is 37.3 Å². The number of hydrogen-bond acceptors (Lipinski definition) is 3. The summed E-state index contributed by atoms with van der Waals surface area (Å²) in [6.45, 7) is 4.25. The fraction of sp³-hybridized carbons (Fsp3) is 0.333. The number of nitrogens with zero attached hydrogens (tertiary/aromatic N) is 1. The third kappa shape index (κ3) is 3.44. The summed E-state index contributed by atoms with van der Waals surface area (Å²) >= 11 is 0. The molecule has 0 saturated carbocycles. The van der Waals surface area contributed by atoms with E-state index >= 15 is 0 Å². The zero-order valence-corrected chi connectivity index (χ0v) is 11.2. The van der Waals surface area contributed by atoms with Crippen LogP contribution >= 0.6 is 0 Å². The molecule has 0 aliphatic carbocycles. The van der Waals surface area contributed by atoms with Gasteiger partial charge in [0.1, 0.15) is 0 Å². The van der Waals surface area contributed by atoms with Crippen LogP contribution < -0.4 is 0 Å². The van der Waals surface area contributed by atoms with Crippen LogP contribution in [0, 0.1) is 0 Å². The van der Waals surface area contributed by atoms with Crippen molar-refractivity contribution in [2.75, 3.05) is 6.61 Å². The molecule has 0 radical (unpaired) electrons. The van der Waals surface area contributed by atoms with E-state index in [0.717, 1.165) is 12.1 Å². The highest BCUT2D eigenvalue weighted by Gasteiger charge is 2.15. The van der Waals surface area contributed by atoms with Gasteiger partial charge in [-0.15, -0.1) is 0 Å². The van der Waals surface area contributed by atoms with E-state index in [-0.39, 0.29) is 11.9 Å². The first-order chi connectivity index (χ1) is 9.20. The summed E-state index contributed by atoms with van der Waals surface area (Å²) in [6, 6.07) is 12.0. The van der Waals surface area contributed by atoms with Crippen molar-refractivity contribution >= 4 is 5.97 Å². The van der Waals surface area contributed by atoms with E-state index in [1.807, 2.05) is 18.2 Å². The number of H-pyrrole nitrogens is 1. The van der Waals surface area contributed by atoms with Crippen LogP contribution in [-0.2, 0) is 11.2 Å². The Morgan fingerprint density at radius 1 is 1.37 bits per heavy atom. The molecule has 0 aliphatic heterocycles. The SMILES string of the molecule is CCOC(=O)c1cc(C(C)Cc2ccccc2)[nH]n1. The number of rotatable bonds is 5. The second-order valence-electron chi connectivity index (χ2n) is 4.52. The Hall–Kier alpha value is -2.10. The van der Waals surface area contributed by atoms with E-state index in [2.05, 4.69) is 29.3 Å². The zero-order valence-electron chi connectivity index (χ0n) is 11.2. The standard InChI is InChI=1S/C15H18N2O2/c1-3-19-15(18)14-10-13(16-17-14)11(2)9-12-7-5-4-6-8-12/h4-8,10-11H,3,9H2,1-2H3,(H,16,17). The minimum absolute atomic E-state index is 0.276. The zero-order chi connectivity index (χ0) is 13.7. The molecule has 1 atom stereocenters. The average molecular weight is 258 g/mol. The van der Waals surface area contributed by atoms with Crippen LogP contribution in [0.5, 0.6) is 0 Å². The lowest BCUT2D eigenvalue weighted by atomic mass is 9.98. The molecule has 1 aromatic carbocycles. The highest BCUT2D eigenvalue weighted by atomic mass is 16.5. The largest absolute Gasteiger partial charge is 0.461 e. The summed E-state index contributed by atoms with van der Waals surface area (Å²) in [6.07, 6.45) is 0.908. The quantitative estimate of drug-likeness (QED) is 0.839. The van der Waals surface area contributed by atoms with Crippen LogP contribution in [-0.4, -0.2) is 22.8 Å². The van der Waals surface area contributed by atoms with Gasteiger partial charge in [0.15, 0.2) is 5.69 Å². The lowest BCUT2D eigenvalue weighted by molar-refractivity contribution is 0.0519. The minimum Gasteiger partial charge on any atom is -0.461 e. The maximum Gasteiger partial charge on any atom is 0.358 e. The molecule has 2 rings (SSSR count). The van der Waals surface area contributed by atoms with Crippen LogP contribution in [0.25, 0.3) is 0 Å². The van der Waals surface area contributed by atoms with Crippen molar-refractivity contribution in [3.05, 3.63) is 53.3 Å². The van der Waals surface area contributed by atoms with Crippen molar-refractivity contribution in [3.63, 3.8) is 0 Å². The molecular weight excluding hydrogens is 240 g/mol. The molecule has 0 spiro atoms. The van der Waals surface area contributed by atoms with Crippen molar-refractivity contribution in [1.82, 2.24) is 10.2 Å². The third-order valence-corrected chi connectivity index (χ3v) is 3.00. The fourth-order valence-electron chi connectivity index (χ4n) is 1.98. The third-order valence-electron chi connectivity index (χ3n) is 3.00. The van der Waals surface area contributed by atoms with Gasteiger partial charge in [-0.2, -0.15) is 5.10 Å². The predicted molar refractivity (Wildman–Crippen MR) is 73.1 cm³/mol. The second-order valence-corrected chi connectivity index (χ2v) is 4.52. The van der Waals surface area contributed by atoms with Gasteiger partial charge >= 0.3 is 5.97 Å². The molecule has 0 bridgehead atoms. The molecular formula is C15H18N2O2. The molecule has 100 valence electrons. The molecule has 0 amide bonds. The van der Waals surface area contributed by atoms with E-state index in [1.165, 1.54) is 5.56 Å². The minimum atomic E-state index is -0.378. The van der Waals surface area contributed by atoms with E-state index in [1.54, 1.807) is 13.0 Å². The van der Waals surface area contributed by atoms with Crippen molar-refractivity contribution in [2.24, 2.45) is 0 Å². The Morgan fingerprint density at radius 2 is 2.11 bits per heavy atom. The number of aromatic amines is 1. The highest BCUT2D eigenvalue weighted by molar-refractivity contribution is 5.87. The maximum absolute atomic E-state index is 11.5. The Morgan fingerprint density at radius 3 is 2.79 bits per heavy atom. The summed E-state index contributed by atoms with van der Waals surface area (Å²) in [5, 5.41) is 6.91. The topological polar surface area (TPSA) is 55.0 Å². The molecule has 0 aliphatic rings. The van der Waals surface area contributed by atoms with Gasteiger partial charge in [0.2, 0.25) is 0 Å². The Kier molecular flexibility index (Phi) is 4.34. The Labute approximate surface area is 112 Å². The van der Waals surface area contributed by atoms with Gasteiger partial charge in [0.25, 0.3) is 0 Å². The van der Waals surface area contributed by atoms with Gasteiger partial charge in [0.05, 0.1) is 6.61 Å². The first-order valence-corrected chi connectivity index (χ1v) is 6.47. The average Bonchev–Trinajstić information content (AvgIpc) is 2.90. The molecule has 0 saturated heterocycles. The van der Waals surface area contributed by atoms with Crippen LogP contribution in [0.4, 0.5) is 0 Å². The Balaban J connectivity index is 2.04. The first kappa shape index (κ1) is 13.3. The molecule has 1 aromatic heterocycles. The van der Waals surface area contributed by atoms with Gasteiger partial charge in [0, 0.05) is 11.6 Å². The van der Waals surface area contributed by atoms with Gasteiger partial charge < -0.3 is 4.74 Å². The lowest BCUT2D eigenvalue weighted by Crippen LogP contribution is -2.04. The predicted octanol–water partition coefficient (Wildman–Crippen LogP) is 2.93. The van der Waals surface area contributed by atoms with Gasteiger partial charge in [-0.05, 0) is 25.0 Å². The number of esters is 1. The maximum atomic E-state index is 11.5. The summed E-state index contributed by atoms with van der Waals surface area (Å²) < 4.78 is 4.92. The fourth-order valence-corrected chi connectivity index (χ4v) is 1.98. The number of benzene rings is 1. The number of hydrogen-bond donors (Lipinski definition) is 1. The smallest absolute Gasteiger partial charge is 0.358 e. The van der Waals surface area contributed by atoms with Gasteiger partial charge in [-0.25, -0.2) is 4.79 Å². The summed E-state index contributed by atoms with van der Waals surface area (Å²) in [5.41, 5.74) is 2.56. The van der Waals surface area contributed by atoms with Crippen LogP contribution in [0.2, 0.25) is 0 Å². The first-order valence-electron chi connectivity index (χ1n) is 6.47. The summed E-state index contributed by atoms with van der Waals surface area (Å²) in [7, 11) is 0. The number of ether oxygens (including phenoxy) is 1. The van der Waals surface area contributed by atoms with Crippen LogP contribution in [0.1, 0.15) is 41.5 Å². The summed E-state index contributed by atoms with van der Waals surface area (Å²) in [5.74, 6) is -0.102. The van der Waals surface area contributed by atoms with Crippen molar-refractivity contribution in [3.8, 4) is 0 Å². The number of carbonyl (C=O) groups is 1. The molecule has 4 nitrogen and oxygen atoms in total. The molecule has 1 heterocycles. The summed E-state index contributed by atoms with van der Waals surface area (Å²) in [4.78, 5) is 11.5. The highest BCUT2D eigenvalue weighted by Crippen LogP contribution is 2.19. The molecule has 1 N–H and O–H groups in total. The van der Waals surface area contributed by atoms with E-state index in [9.17, 15) is 4.79 Å². The van der Waals surface area contributed by atoms with E-state index in [4.69, 9.17) is 4.74 Å². The second kappa shape index (κ2) is 6.18. The van der Waals surface area contributed by atoms with Crippen LogP contribution in [0.15, 0.2) is 36.4 Å². The molecule has 1 unspecified atom stereocenters. The molecule has 19 heavy (non-hydrogen) atoms. The number of aromatic nitrogens is 2. The number of nitrogens with one attached hydrogen (secondary N) is 1. The van der Waals surface area contributed by atoms with Crippen LogP contribution in [0.3, 0.4) is 0 Å². The molecule has 0 fully saturated rings. The van der Waals surface area contributed by atoms with Crippen molar-refractivity contribution in [1.29, 1.82) is 0 Å². The lowest BCUT2D eigenvalue weighted by Gasteiger charge is -2.08. The monoisotopic (exact) mass is 258 g/mol. The van der Waals surface area contributed by atoms with Gasteiger partial charge in [-0.3, -0.25) is 5.10 Å². The van der Waals surface area contributed by atoms with E-state index < -0.39 is 0 Å². The van der Waals surface area contributed by atoms with Crippen molar-refractivity contribution < 1.29 is 9.53 Å².